The van der Waals surface area contributed by atoms with E-state index in [1.54, 1.807) is 0 Å². The van der Waals surface area contributed by atoms with Crippen LogP contribution in [0.5, 0.6) is 0 Å². The van der Waals surface area contributed by atoms with Crippen molar-refractivity contribution in [1.82, 2.24) is 5.32 Å². The van der Waals surface area contributed by atoms with Gasteiger partial charge in [-0.05, 0) is 20.3 Å². The quantitative estimate of drug-likeness (QED) is 0.580. The molecule has 60 valence electrons. The Hall–Kier alpha value is -0.970. The number of carbonyl (C=O) groups is 1. The van der Waals surface area contributed by atoms with Gasteiger partial charge in [0.25, 0.3) is 0 Å². The highest BCUT2D eigenvalue weighted by atomic mass is 16.2. The predicted octanol–water partition coefficient (Wildman–Crippen LogP) is 0.780. The summed E-state index contributed by atoms with van der Waals surface area (Å²) in [6.07, 6.45) is 6.03. The van der Waals surface area contributed by atoms with Gasteiger partial charge in [0.1, 0.15) is 0 Å². The molecular weight excluding hydrogens is 138 g/mol. The Morgan fingerprint density at radius 3 is 2.73 bits per heavy atom. The Morgan fingerprint density at radius 1 is 1.73 bits per heavy atom. The predicted molar refractivity (Wildman–Crippen MR) is 43.7 cm³/mol. The summed E-state index contributed by atoms with van der Waals surface area (Å²) in [5, 5.41) is 2.83. The van der Waals surface area contributed by atoms with Crippen molar-refractivity contribution in [1.29, 1.82) is 0 Å². The largest absolute Gasteiger partial charge is 0.354 e. The smallest absolute Gasteiger partial charge is 0.224 e. The molecule has 0 aromatic carbocycles. The van der Waals surface area contributed by atoms with E-state index in [4.69, 9.17) is 6.42 Å². The third-order valence-corrected chi connectivity index (χ3v) is 1.77. The fourth-order valence-electron chi connectivity index (χ4n) is 1.06. The van der Waals surface area contributed by atoms with E-state index in [1.165, 1.54) is 0 Å². The first-order valence-electron chi connectivity index (χ1n) is 3.91. The minimum absolute atomic E-state index is 0.0994. The monoisotopic (exact) mass is 151 g/mol. The molecule has 11 heavy (non-hydrogen) atoms. The molecule has 2 nitrogen and oxygen atoms in total. The van der Waals surface area contributed by atoms with Crippen LogP contribution < -0.4 is 5.32 Å². The highest BCUT2D eigenvalue weighted by molar-refractivity contribution is 5.82. The molecule has 1 fully saturated rings. The van der Waals surface area contributed by atoms with Crippen LogP contribution in [0.25, 0.3) is 0 Å². The van der Waals surface area contributed by atoms with Crippen LogP contribution in [0.4, 0.5) is 0 Å². The van der Waals surface area contributed by atoms with Gasteiger partial charge in [-0.2, -0.15) is 0 Å². The molecule has 0 spiro atoms. The van der Waals surface area contributed by atoms with Gasteiger partial charge in [0.15, 0.2) is 0 Å². The van der Waals surface area contributed by atoms with E-state index in [1.807, 2.05) is 13.8 Å². The van der Waals surface area contributed by atoms with E-state index in [2.05, 4.69) is 11.2 Å². The van der Waals surface area contributed by atoms with Crippen molar-refractivity contribution < 1.29 is 4.79 Å². The topological polar surface area (TPSA) is 29.1 Å². The highest BCUT2D eigenvalue weighted by Crippen LogP contribution is 2.37. The fourth-order valence-corrected chi connectivity index (χ4v) is 1.06. The van der Waals surface area contributed by atoms with Crippen LogP contribution in [0.1, 0.15) is 20.3 Å². The van der Waals surface area contributed by atoms with Crippen molar-refractivity contribution in [3.63, 3.8) is 0 Å². The molecule has 2 unspecified atom stereocenters. The van der Waals surface area contributed by atoms with E-state index in [-0.39, 0.29) is 23.8 Å². The lowest BCUT2D eigenvalue weighted by atomic mass is 10.3. The van der Waals surface area contributed by atoms with E-state index in [0.29, 0.717) is 0 Å². The summed E-state index contributed by atoms with van der Waals surface area (Å²) in [5.41, 5.74) is 0. The summed E-state index contributed by atoms with van der Waals surface area (Å²) in [7, 11) is 0. The summed E-state index contributed by atoms with van der Waals surface area (Å²) in [5.74, 6) is 3.00. The van der Waals surface area contributed by atoms with Crippen molar-refractivity contribution >= 4 is 5.91 Å². The number of carbonyl (C=O) groups excluding carboxylic acids is 1. The summed E-state index contributed by atoms with van der Waals surface area (Å²) in [6.45, 7) is 3.90. The van der Waals surface area contributed by atoms with E-state index in [9.17, 15) is 4.79 Å². The molecular formula is C9H13NO. The molecule has 0 bridgehead atoms. The van der Waals surface area contributed by atoms with Gasteiger partial charge in [-0.15, -0.1) is 12.3 Å². The second-order valence-electron chi connectivity index (χ2n) is 3.28. The maximum Gasteiger partial charge on any atom is 0.224 e. The van der Waals surface area contributed by atoms with Crippen LogP contribution in [0, 0.1) is 24.2 Å². The molecule has 0 saturated heterocycles. The molecule has 0 aliphatic heterocycles. The number of rotatable bonds is 2. The van der Waals surface area contributed by atoms with E-state index in [0.717, 1.165) is 6.42 Å². The molecule has 1 N–H and O–H groups in total. The van der Waals surface area contributed by atoms with Crippen molar-refractivity contribution in [2.24, 2.45) is 11.8 Å². The zero-order valence-electron chi connectivity index (χ0n) is 6.92. The molecule has 1 aliphatic rings. The molecule has 0 radical (unpaired) electrons. The lowest BCUT2D eigenvalue weighted by molar-refractivity contribution is -0.122. The number of hydrogen-bond donors (Lipinski definition) is 1. The molecule has 1 rings (SSSR count). The second kappa shape index (κ2) is 2.96. The Kier molecular flexibility index (Phi) is 2.19. The molecule has 0 heterocycles. The van der Waals surface area contributed by atoms with Gasteiger partial charge in [0, 0.05) is 12.0 Å². The minimum atomic E-state index is 0.0994. The zero-order chi connectivity index (χ0) is 8.43. The maximum absolute atomic E-state index is 11.2. The van der Waals surface area contributed by atoms with Crippen molar-refractivity contribution in [3.8, 4) is 12.3 Å². The Bertz CT molecular complexity index is 202. The van der Waals surface area contributed by atoms with Crippen LogP contribution in [-0.2, 0) is 4.79 Å². The molecule has 2 atom stereocenters. The minimum Gasteiger partial charge on any atom is -0.354 e. The molecule has 1 saturated carbocycles. The van der Waals surface area contributed by atoms with Crippen LogP contribution >= 0.6 is 0 Å². The molecule has 2 heteroatoms. The van der Waals surface area contributed by atoms with Crippen LogP contribution in [0.15, 0.2) is 0 Å². The third kappa shape index (κ3) is 1.98. The third-order valence-electron chi connectivity index (χ3n) is 1.77. The van der Waals surface area contributed by atoms with Gasteiger partial charge < -0.3 is 5.32 Å². The highest BCUT2D eigenvalue weighted by Gasteiger charge is 2.41. The first-order chi connectivity index (χ1) is 5.15. The maximum atomic E-state index is 11.2. The average Bonchev–Trinajstić information content (AvgIpc) is 2.63. The van der Waals surface area contributed by atoms with Gasteiger partial charge in [0.2, 0.25) is 5.91 Å². The molecule has 1 amide bonds. The van der Waals surface area contributed by atoms with Gasteiger partial charge in [-0.1, -0.05) is 0 Å². The van der Waals surface area contributed by atoms with Crippen LogP contribution in [-0.4, -0.2) is 11.9 Å². The molecule has 0 aromatic heterocycles. The van der Waals surface area contributed by atoms with Crippen LogP contribution in [0.2, 0.25) is 0 Å². The standard InChI is InChI=1S/C9H13NO/c1-4-7-5-8(7)9(11)10-6(2)3/h1,6-8H,5H2,2-3H3,(H,10,11). The van der Waals surface area contributed by atoms with Crippen molar-refractivity contribution in [3.05, 3.63) is 0 Å². The van der Waals surface area contributed by atoms with Gasteiger partial charge in [0.05, 0.1) is 5.92 Å². The Morgan fingerprint density at radius 2 is 2.36 bits per heavy atom. The lowest BCUT2D eigenvalue weighted by Crippen LogP contribution is -2.31. The van der Waals surface area contributed by atoms with Crippen molar-refractivity contribution in [2.75, 3.05) is 0 Å². The molecule has 1 aliphatic carbocycles. The average molecular weight is 151 g/mol. The molecule has 0 aromatic rings. The van der Waals surface area contributed by atoms with Gasteiger partial charge in [-0.3, -0.25) is 4.79 Å². The summed E-state index contributed by atoms with van der Waals surface area (Å²) in [6, 6.07) is 0.224. The van der Waals surface area contributed by atoms with E-state index >= 15 is 0 Å². The number of amides is 1. The Labute approximate surface area is 67.4 Å². The fraction of sp³-hybridized carbons (Fsp3) is 0.667. The second-order valence-corrected chi connectivity index (χ2v) is 3.28. The number of nitrogens with one attached hydrogen (secondary N) is 1. The normalized spacial score (nSPS) is 27.8. The van der Waals surface area contributed by atoms with Gasteiger partial charge in [-0.25, -0.2) is 0 Å². The van der Waals surface area contributed by atoms with E-state index < -0.39 is 0 Å². The summed E-state index contributed by atoms with van der Waals surface area (Å²) in [4.78, 5) is 11.2. The number of hydrogen-bond acceptors (Lipinski definition) is 1. The zero-order valence-corrected chi connectivity index (χ0v) is 6.92. The Balaban J connectivity index is 2.30. The van der Waals surface area contributed by atoms with Crippen LogP contribution in [0.3, 0.4) is 0 Å². The SMILES string of the molecule is C#CC1CC1C(=O)NC(C)C. The van der Waals surface area contributed by atoms with Crippen molar-refractivity contribution in [2.45, 2.75) is 26.3 Å². The van der Waals surface area contributed by atoms with Gasteiger partial charge >= 0.3 is 0 Å². The lowest BCUT2D eigenvalue weighted by Gasteiger charge is -2.06. The first kappa shape index (κ1) is 8.13. The summed E-state index contributed by atoms with van der Waals surface area (Å²) < 4.78 is 0. The first-order valence-corrected chi connectivity index (χ1v) is 3.91. The summed E-state index contributed by atoms with van der Waals surface area (Å²) >= 11 is 0. The number of terminal acetylenes is 1.